The Morgan fingerprint density at radius 1 is 1.19 bits per heavy atom. The first-order valence-corrected chi connectivity index (χ1v) is 7.81. The first-order chi connectivity index (χ1) is 7.38. The summed E-state index contributed by atoms with van der Waals surface area (Å²) in [4.78, 5) is 13.6. The molecule has 0 saturated carbocycles. The second-order valence-corrected chi connectivity index (χ2v) is 6.20. The van der Waals surface area contributed by atoms with Crippen LogP contribution in [0.2, 0.25) is 0 Å². The molecule has 0 aromatic rings. The molecule has 0 saturated heterocycles. The van der Waals surface area contributed by atoms with Crippen molar-refractivity contribution in [3.05, 3.63) is 0 Å². The fourth-order valence-electron chi connectivity index (χ4n) is 1.65. The van der Waals surface area contributed by atoms with Crippen molar-refractivity contribution in [3.8, 4) is 0 Å². The first-order valence-electron chi connectivity index (χ1n) is 5.86. The molecule has 0 N–H and O–H groups in total. The van der Waals surface area contributed by atoms with Crippen LogP contribution < -0.4 is 0 Å². The lowest BCUT2D eigenvalue weighted by Gasteiger charge is -2.24. The van der Waals surface area contributed by atoms with Crippen molar-refractivity contribution in [1.82, 2.24) is 4.90 Å². The highest BCUT2D eigenvalue weighted by molar-refractivity contribution is 7.92. The molecule has 0 rings (SSSR count). The van der Waals surface area contributed by atoms with E-state index in [1.807, 2.05) is 20.8 Å². The minimum atomic E-state index is -3.29. The van der Waals surface area contributed by atoms with Gasteiger partial charge in [0, 0.05) is 19.3 Å². The third-order valence-electron chi connectivity index (χ3n) is 2.69. The van der Waals surface area contributed by atoms with Crippen molar-refractivity contribution in [2.75, 3.05) is 19.3 Å². The molecule has 1 atom stereocenters. The van der Waals surface area contributed by atoms with Gasteiger partial charge in [0.1, 0.15) is 5.25 Å². The molecule has 5 heteroatoms. The van der Waals surface area contributed by atoms with Gasteiger partial charge in [-0.15, -0.1) is 0 Å². The van der Waals surface area contributed by atoms with E-state index in [1.165, 1.54) is 0 Å². The van der Waals surface area contributed by atoms with Crippen LogP contribution in [0.15, 0.2) is 0 Å². The van der Waals surface area contributed by atoms with Gasteiger partial charge in [-0.25, -0.2) is 8.42 Å². The molecular weight excluding hydrogens is 226 g/mol. The van der Waals surface area contributed by atoms with Gasteiger partial charge < -0.3 is 4.90 Å². The predicted molar refractivity (Wildman–Crippen MR) is 66.1 cm³/mol. The molecule has 0 radical (unpaired) electrons. The Hall–Kier alpha value is -0.580. The maximum atomic E-state index is 12.0. The minimum Gasteiger partial charge on any atom is -0.342 e. The van der Waals surface area contributed by atoms with E-state index in [0.29, 0.717) is 19.5 Å². The summed E-state index contributed by atoms with van der Waals surface area (Å²) in [5, 5.41) is -0.854. The van der Waals surface area contributed by atoms with E-state index in [4.69, 9.17) is 0 Å². The van der Waals surface area contributed by atoms with E-state index in [9.17, 15) is 13.2 Å². The van der Waals surface area contributed by atoms with Gasteiger partial charge >= 0.3 is 0 Å². The summed E-state index contributed by atoms with van der Waals surface area (Å²) in [6, 6.07) is 0. The molecule has 16 heavy (non-hydrogen) atoms. The molecule has 0 bridgehead atoms. The van der Waals surface area contributed by atoms with Gasteiger partial charge in [-0.1, -0.05) is 19.8 Å². The van der Waals surface area contributed by atoms with Crippen LogP contribution in [0.5, 0.6) is 0 Å². The molecule has 0 aromatic carbocycles. The number of hydrogen-bond acceptors (Lipinski definition) is 3. The zero-order valence-electron chi connectivity index (χ0n) is 10.7. The van der Waals surface area contributed by atoms with Gasteiger partial charge in [0.15, 0.2) is 9.84 Å². The number of sulfone groups is 1. The van der Waals surface area contributed by atoms with Crippen LogP contribution in [0.1, 0.15) is 40.0 Å². The summed E-state index contributed by atoms with van der Waals surface area (Å²) >= 11 is 0. The van der Waals surface area contributed by atoms with Crippen molar-refractivity contribution in [2.24, 2.45) is 0 Å². The molecule has 4 nitrogen and oxygen atoms in total. The third-order valence-corrected chi connectivity index (χ3v) is 4.16. The largest absolute Gasteiger partial charge is 0.342 e. The molecule has 96 valence electrons. The molecule has 0 heterocycles. The fraction of sp³-hybridized carbons (Fsp3) is 0.909. The zero-order chi connectivity index (χ0) is 12.8. The lowest BCUT2D eigenvalue weighted by Crippen LogP contribution is -2.42. The van der Waals surface area contributed by atoms with Gasteiger partial charge in [0.25, 0.3) is 0 Å². The molecule has 0 aliphatic rings. The molecule has 0 fully saturated rings. The minimum absolute atomic E-state index is 0.249. The Balaban J connectivity index is 4.82. The molecule has 0 aliphatic heterocycles. The fourth-order valence-corrected chi connectivity index (χ4v) is 2.76. The highest BCUT2D eigenvalue weighted by atomic mass is 32.2. The van der Waals surface area contributed by atoms with Gasteiger partial charge in [0.2, 0.25) is 5.91 Å². The first kappa shape index (κ1) is 15.4. The molecule has 1 unspecified atom stereocenters. The summed E-state index contributed by atoms with van der Waals surface area (Å²) in [7, 11) is -3.29. The number of nitrogens with zero attached hydrogens (tertiary/aromatic N) is 1. The maximum absolute atomic E-state index is 12.0. The number of hydrogen-bond donors (Lipinski definition) is 0. The van der Waals surface area contributed by atoms with E-state index >= 15 is 0 Å². The average molecular weight is 249 g/mol. The monoisotopic (exact) mass is 249 g/mol. The van der Waals surface area contributed by atoms with Crippen LogP contribution in [-0.2, 0) is 14.6 Å². The van der Waals surface area contributed by atoms with Crippen molar-refractivity contribution in [3.63, 3.8) is 0 Å². The van der Waals surface area contributed by atoms with Gasteiger partial charge in [-0.3, -0.25) is 4.79 Å². The Kier molecular flexibility index (Phi) is 6.64. The highest BCUT2D eigenvalue weighted by Crippen LogP contribution is 2.12. The maximum Gasteiger partial charge on any atom is 0.240 e. The summed E-state index contributed by atoms with van der Waals surface area (Å²) < 4.78 is 23.1. The second-order valence-electron chi connectivity index (χ2n) is 3.97. The van der Waals surface area contributed by atoms with Crippen LogP contribution in [0, 0.1) is 0 Å². The number of unbranched alkanes of at least 4 members (excludes halogenated alkanes) is 1. The smallest absolute Gasteiger partial charge is 0.240 e. The van der Waals surface area contributed by atoms with Crippen LogP contribution >= 0.6 is 0 Å². The zero-order valence-corrected chi connectivity index (χ0v) is 11.5. The average Bonchev–Trinajstić information content (AvgIpc) is 2.18. The van der Waals surface area contributed by atoms with Gasteiger partial charge in [-0.2, -0.15) is 0 Å². The lowest BCUT2D eigenvalue weighted by molar-refractivity contribution is -0.130. The molecule has 1 amide bonds. The van der Waals surface area contributed by atoms with Gasteiger partial charge in [-0.05, 0) is 20.3 Å². The predicted octanol–water partition coefficient (Wildman–Crippen LogP) is 1.46. The quantitative estimate of drug-likeness (QED) is 0.686. The molecule has 0 aliphatic carbocycles. The van der Waals surface area contributed by atoms with Crippen LogP contribution in [0.3, 0.4) is 0 Å². The summed E-state index contributed by atoms with van der Waals surface area (Å²) in [5.74, 6) is -0.249. The molecule has 0 spiro atoms. The Labute approximate surface area is 98.9 Å². The Morgan fingerprint density at radius 3 is 2.00 bits per heavy atom. The van der Waals surface area contributed by atoms with E-state index in [-0.39, 0.29) is 5.91 Å². The standard InChI is InChI=1S/C11H23NO3S/c1-5-8-9-10(16(4,14)15)11(13)12(6-2)7-3/h10H,5-9H2,1-4H3. The van der Waals surface area contributed by atoms with Crippen molar-refractivity contribution in [2.45, 2.75) is 45.3 Å². The topological polar surface area (TPSA) is 54.5 Å². The van der Waals surface area contributed by atoms with Crippen molar-refractivity contribution in [1.29, 1.82) is 0 Å². The van der Waals surface area contributed by atoms with Crippen LogP contribution in [0.25, 0.3) is 0 Å². The highest BCUT2D eigenvalue weighted by Gasteiger charge is 2.30. The SMILES string of the molecule is CCCCC(C(=O)N(CC)CC)S(C)(=O)=O. The normalized spacial score (nSPS) is 13.5. The van der Waals surface area contributed by atoms with E-state index in [0.717, 1.165) is 19.1 Å². The number of amides is 1. The Bertz CT molecular complexity index is 307. The van der Waals surface area contributed by atoms with E-state index in [1.54, 1.807) is 4.90 Å². The molecular formula is C11H23NO3S. The number of rotatable bonds is 7. The summed E-state index contributed by atoms with van der Waals surface area (Å²) in [5.41, 5.74) is 0. The third kappa shape index (κ3) is 4.51. The van der Waals surface area contributed by atoms with Crippen LogP contribution in [-0.4, -0.2) is 43.8 Å². The van der Waals surface area contributed by atoms with Crippen molar-refractivity contribution >= 4 is 15.7 Å². The number of carbonyl (C=O) groups excluding carboxylic acids is 1. The van der Waals surface area contributed by atoms with Gasteiger partial charge in [0.05, 0.1) is 0 Å². The van der Waals surface area contributed by atoms with E-state index < -0.39 is 15.1 Å². The Morgan fingerprint density at radius 2 is 1.69 bits per heavy atom. The summed E-state index contributed by atoms with van der Waals surface area (Å²) in [6.07, 6.45) is 3.25. The summed E-state index contributed by atoms with van der Waals surface area (Å²) in [6.45, 7) is 6.84. The lowest BCUT2D eigenvalue weighted by atomic mass is 10.2. The van der Waals surface area contributed by atoms with Crippen molar-refractivity contribution < 1.29 is 13.2 Å². The number of carbonyl (C=O) groups is 1. The molecule has 0 aromatic heterocycles. The van der Waals surface area contributed by atoms with E-state index in [2.05, 4.69) is 0 Å². The van der Waals surface area contributed by atoms with Crippen LogP contribution in [0.4, 0.5) is 0 Å². The second kappa shape index (κ2) is 6.89.